The second kappa shape index (κ2) is 5.00. The van der Waals surface area contributed by atoms with E-state index in [2.05, 4.69) is 25.5 Å². The Morgan fingerprint density at radius 2 is 2.16 bits per heavy atom. The predicted octanol–water partition coefficient (Wildman–Crippen LogP) is 0.992. The Hall–Kier alpha value is -1.89. The Morgan fingerprint density at radius 1 is 1.42 bits per heavy atom. The zero-order valence-electron chi connectivity index (χ0n) is 11.7. The van der Waals surface area contributed by atoms with E-state index in [1.807, 2.05) is 11.8 Å². The number of hydrogen-bond acceptors (Lipinski definition) is 6. The molecule has 2 aromatic rings. The van der Waals surface area contributed by atoms with E-state index in [0.29, 0.717) is 18.1 Å². The fraction of sp³-hybridized carbons (Fsp3) is 0.583. The lowest BCUT2D eigenvalue weighted by atomic mass is 10.1. The van der Waals surface area contributed by atoms with E-state index in [9.17, 15) is 5.11 Å². The van der Waals surface area contributed by atoms with E-state index in [0.717, 1.165) is 17.7 Å². The molecule has 0 atom stereocenters. The molecule has 0 aliphatic rings. The van der Waals surface area contributed by atoms with Crippen LogP contribution in [0.4, 0.5) is 11.8 Å². The summed E-state index contributed by atoms with van der Waals surface area (Å²) in [6, 6.07) is 0. The molecule has 0 amide bonds. The van der Waals surface area contributed by atoms with Gasteiger partial charge < -0.3 is 15.3 Å². The number of hydrogen-bond donors (Lipinski definition) is 3. The van der Waals surface area contributed by atoms with E-state index >= 15 is 0 Å². The molecule has 0 aliphatic carbocycles. The van der Waals surface area contributed by atoms with Crippen LogP contribution in [0.5, 0.6) is 0 Å². The van der Waals surface area contributed by atoms with Crippen LogP contribution in [0.3, 0.4) is 0 Å². The summed E-state index contributed by atoms with van der Waals surface area (Å²) in [4.78, 5) is 10.8. The van der Waals surface area contributed by atoms with Crippen molar-refractivity contribution in [2.24, 2.45) is 0 Å². The van der Waals surface area contributed by atoms with Gasteiger partial charge in [0.2, 0.25) is 5.95 Å². The average Bonchev–Trinajstić information content (AvgIpc) is 2.81. The molecule has 0 saturated heterocycles. The molecule has 0 bridgehead atoms. The number of rotatable bonds is 5. The quantitative estimate of drug-likeness (QED) is 0.746. The highest BCUT2D eigenvalue weighted by Gasteiger charge is 2.21. The molecular weight excluding hydrogens is 244 g/mol. The normalized spacial score (nSPS) is 11.8. The standard InChI is InChI=1S/C12H20N6O/c1-5-18(7-12(2,3)19)10-8-6-14-17-9(8)15-11(13-4)16-10/h6,19H,5,7H2,1-4H3,(H2,13,14,15,16,17). The molecule has 0 fully saturated rings. The van der Waals surface area contributed by atoms with Gasteiger partial charge in [0.15, 0.2) is 5.65 Å². The maximum Gasteiger partial charge on any atom is 0.226 e. The van der Waals surface area contributed by atoms with Crippen LogP contribution in [0.15, 0.2) is 6.20 Å². The average molecular weight is 264 g/mol. The van der Waals surface area contributed by atoms with E-state index in [1.54, 1.807) is 27.1 Å². The van der Waals surface area contributed by atoms with Gasteiger partial charge >= 0.3 is 0 Å². The lowest BCUT2D eigenvalue weighted by Crippen LogP contribution is -2.39. The molecule has 0 radical (unpaired) electrons. The molecule has 7 heteroatoms. The van der Waals surface area contributed by atoms with Gasteiger partial charge in [-0.15, -0.1) is 0 Å². The third-order valence-electron chi connectivity index (χ3n) is 2.77. The van der Waals surface area contributed by atoms with Crippen LogP contribution >= 0.6 is 0 Å². The van der Waals surface area contributed by atoms with Crippen LogP contribution in [0, 0.1) is 0 Å². The zero-order valence-corrected chi connectivity index (χ0v) is 11.7. The lowest BCUT2D eigenvalue weighted by Gasteiger charge is -2.29. The maximum absolute atomic E-state index is 10.0. The lowest BCUT2D eigenvalue weighted by molar-refractivity contribution is 0.0875. The third-order valence-corrected chi connectivity index (χ3v) is 2.77. The van der Waals surface area contributed by atoms with Crippen LogP contribution in [-0.2, 0) is 0 Å². The van der Waals surface area contributed by atoms with E-state index in [-0.39, 0.29) is 0 Å². The third kappa shape index (κ3) is 2.93. The van der Waals surface area contributed by atoms with E-state index in [4.69, 9.17) is 0 Å². The Morgan fingerprint density at radius 3 is 2.74 bits per heavy atom. The number of anilines is 2. The second-order valence-electron chi connectivity index (χ2n) is 5.08. The minimum Gasteiger partial charge on any atom is -0.389 e. The van der Waals surface area contributed by atoms with Crippen molar-refractivity contribution in [2.45, 2.75) is 26.4 Å². The first kappa shape index (κ1) is 13.5. The fourth-order valence-corrected chi connectivity index (χ4v) is 1.98. The molecule has 0 unspecified atom stereocenters. The Kier molecular flexibility index (Phi) is 3.57. The summed E-state index contributed by atoms with van der Waals surface area (Å²) in [6.07, 6.45) is 1.71. The van der Waals surface area contributed by atoms with Gasteiger partial charge in [0.1, 0.15) is 5.82 Å². The van der Waals surface area contributed by atoms with Crippen molar-refractivity contribution in [1.82, 2.24) is 20.2 Å². The van der Waals surface area contributed by atoms with Crippen LogP contribution in [0.2, 0.25) is 0 Å². The number of aromatic nitrogens is 4. The van der Waals surface area contributed by atoms with Gasteiger partial charge in [0, 0.05) is 20.1 Å². The fourth-order valence-electron chi connectivity index (χ4n) is 1.98. The van der Waals surface area contributed by atoms with Crippen LogP contribution in [0.25, 0.3) is 11.0 Å². The summed E-state index contributed by atoms with van der Waals surface area (Å²) >= 11 is 0. The molecular formula is C12H20N6O. The number of fused-ring (bicyclic) bond motifs is 1. The topological polar surface area (TPSA) is 90.0 Å². The van der Waals surface area contributed by atoms with E-state index < -0.39 is 5.60 Å². The summed E-state index contributed by atoms with van der Waals surface area (Å²) in [5.41, 5.74) is -0.111. The number of aliphatic hydroxyl groups is 1. The highest BCUT2D eigenvalue weighted by molar-refractivity contribution is 5.87. The van der Waals surface area contributed by atoms with Crippen molar-refractivity contribution < 1.29 is 5.11 Å². The summed E-state index contributed by atoms with van der Waals surface area (Å²) in [5.74, 6) is 1.30. The summed E-state index contributed by atoms with van der Waals surface area (Å²) in [7, 11) is 1.77. The molecule has 104 valence electrons. The first-order valence-corrected chi connectivity index (χ1v) is 6.31. The SMILES string of the molecule is CCN(CC(C)(C)O)c1nc(NC)nc2[nH]ncc12. The van der Waals surface area contributed by atoms with E-state index in [1.165, 1.54) is 0 Å². The van der Waals surface area contributed by atoms with Gasteiger partial charge in [0.05, 0.1) is 17.2 Å². The zero-order chi connectivity index (χ0) is 14.0. The number of likely N-dealkylation sites (N-methyl/N-ethyl adjacent to an activating group) is 1. The first-order valence-electron chi connectivity index (χ1n) is 6.31. The van der Waals surface area contributed by atoms with Crippen molar-refractivity contribution in [3.63, 3.8) is 0 Å². The van der Waals surface area contributed by atoms with Gasteiger partial charge in [0.25, 0.3) is 0 Å². The molecule has 0 spiro atoms. The monoisotopic (exact) mass is 264 g/mol. The molecule has 0 saturated carbocycles. The molecule has 7 nitrogen and oxygen atoms in total. The minimum absolute atomic E-state index is 0.490. The molecule has 0 aliphatic heterocycles. The smallest absolute Gasteiger partial charge is 0.226 e. The Bertz CT molecular complexity index is 559. The molecule has 2 rings (SSSR count). The van der Waals surface area contributed by atoms with Crippen LogP contribution in [-0.4, -0.2) is 51.0 Å². The number of nitrogens with zero attached hydrogens (tertiary/aromatic N) is 4. The number of H-pyrrole nitrogens is 1. The Labute approximate surface area is 112 Å². The van der Waals surface area contributed by atoms with Gasteiger partial charge in [-0.25, -0.2) is 0 Å². The van der Waals surface area contributed by atoms with Gasteiger partial charge in [-0.1, -0.05) is 0 Å². The largest absolute Gasteiger partial charge is 0.389 e. The van der Waals surface area contributed by atoms with Gasteiger partial charge in [-0.2, -0.15) is 15.1 Å². The highest BCUT2D eigenvalue weighted by Crippen LogP contribution is 2.24. The number of aromatic amines is 1. The molecule has 19 heavy (non-hydrogen) atoms. The number of nitrogens with one attached hydrogen (secondary N) is 2. The minimum atomic E-state index is -0.795. The van der Waals surface area contributed by atoms with Crippen molar-refractivity contribution in [3.05, 3.63) is 6.20 Å². The summed E-state index contributed by atoms with van der Waals surface area (Å²) in [6.45, 7) is 6.82. The second-order valence-corrected chi connectivity index (χ2v) is 5.08. The molecule has 3 N–H and O–H groups in total. The van der Waals surface area contributed by atoms with Crippen molar-refractivity contribution >= 4 is 22.8 Å². The van der Waals surface area contributed by atoms with Gasteiger partial charge in [-0.3, -0.25) is 5.10 Å². The first-order chi connectivity index (χ1) is 8.94. The molecule has 2 heterocycles. The highest BCUT2D eigenvalue weighted by atomic mass is 16.3. The van der Waals surface area contributed by atoms with Crippen LogP contribution < -0.4 is 10.2 Å². The summed E-state index contributed by atoms with van der Waals surface area (Å²) in [5, 5.41) is 20.6. The maximum atomic E-state index is 10.0. The van der Waals surface area contributed by atoms with Gasteiger partial charge in [-0.05, 0) is 20.8 Å². The molecule has 2 aromatic heterocycles. The molecule has 0 aromatic carbocycles. The Balaban J connectivity index is 2.48. The summed E-state index contributed by atoms with van der Waals surface area (Å²) < 4.78 is 0. The van der Waals surface area contributed by atoms with Crippen molar-refractivity contribution in [1.29, 1.82) is 0 Å². The van der Waals surface area contributed by atoms with Crippen LogP contribution in [0.1, 0.15) is 20.8 Å². The van der Waals surface area contributed by atoms with Crippen molar-refractivity contribution in [2.75, 3.05) is 30.4 Å². The van der Waals surface area contributed by atoms with Crippen molar-refractivity contribution in [3.8, 4) is 0 Å². The predicted molar refractivity (Wildman–Crippen MR) is 75.4 cm³/mol.